The average molecular weight is 1150 g/mol. The summed E-state index contributed by atoms with van der Waals surface area (Å²) in [5, 5.41) is 0. The van der Waals surface area contributed by atoms with Crippen molar-refractivity contribution < 1.29 is 0 Å². The third-order valence-corrected chi connectivity index (χ3v) is 18.7. The minimum atomic E-state index is -0.0906. The molecule has 3 nitrogen and oxygen atoms in total. The fourth-order valence-electron chi connectivity index (χ4n) is 13.3. The maximum Gasteiger partial charge on any atom is 0.252 e. The zero-order valence-corrected chi connectivity index (χ0v) is 55.2. The van der Waals surface area contributed by atoms with Crippen LogP contribution in [0, 0.1) is 13.8 Å². The van der Waals surface area contributed by atoms with Crippen LogP contribution < -0.4 is 31.1 Å². The number of hydrogen-bond donors (Lipinski definition) is 0. The summed E-state index contributed by atoms with van der Waals surface area (Å²) in [6.07, 6.45) is 6.01. The van der Waals surface area contributed by atoms with Crippen molar-refractivity contribution in [1.82, 2.24) is 0 Å². The van der Waals surface area contributed by atoms with Crippen LogP contribution in [0.2, 0.25) is 0 Å². The van der Waals surface area contributed by atoms with Gasteiger partial charge in [-0.25, -0.2) is 0 Å². The Kier molecular flexibility index (Phi) is 15.9. The number of fused-ring (bicyclic) bond motifs is 4. The van der Waals surface area contributed by atoms with Gasteiger partial charge in [-0.2, -0.15) is 0 Å². The molecule has 0 bridgehead atoms. The standard InChI is InChI=1S/C84H90BN3/c1-16-17-18-19-20-58-25-38-71(39-26-58)88-77-55-73(86(69-40-31-65(32-41-69)81(4,5)6)70-42-33-66(34-43-70)82(7,8)9)46-47-74(77)85-75-54-68(84(13,14)15)37-48-76(75)87(72-44-35-67(36-45-72)83(10,11)12)78-52-64(53-79(88)80(78)85)63-50-61(59-27-21-56(2)22-28-59)49-62(51-63)60-29-23-57(3)24-30-60/h21-55H,16-20H2,1-15H3. The van der Waals surface area contributed by atoms with E-state index in [1.165, 1.54) is 132 Å². The molecule has 88 heavy (non-hydrogen) atoms. The highest BCUT2D eigenvalue weighted by Crippen LogP contribution is 2.49. The molecule has 2 aliphatic heterocycles. The van der Waals surface area contributed by atoms with Crippen molar-refractivity contribution in [2.45, 2.75) is 158 Å². The molecule has 0 saturated carbocycles. The molecule has 0 unspecified atom stereocenters. The Labute approximate surface area is 528 Å². The summed E-state index contributed by atoms with van der Waals surface area (Å²) in [6.45, 7) is 34.4. The fourth-order valence-corrected chi connectivity index (χ4v) is 13.3. The zero-order chi connectivity index (χ0) is 62.0. The topological polar surface area (TPSA) is 9.72 Å². The van der Waals surface area contributed by atoms with E-state index in [1.807, 2.05) is 0 Å². The lowest BCUT2D eigenvalue weighted by Crippen LogP contribution is -2.61. The maximum absolute atomic E-state index is 2.63. The molecule has 0 atom stereocenters. The van der Waals surface area contributed by atoms with Gasteiger partial charge >= 0.3 is 0 Å². The Bertz CT molecular complexity index is 4020. The summed E-state index contributed by atoms with van der Waals surface area (Å²) in [7, 11) is 0. The lowest BCUT2D eigenvalue weighted by atomic mass is 9.33. The predicted octanol–water partition coefficient (Wildman–Crippen LogP) is 22.2. The van der Waals surface area contributed by atoms with Crippen LogP contribution in [-0.4, -0.2) is 6.71 Å². The van der Waals surface area contributed by atoms with Crippen LogP contribution in [-0.2, 0) is 28.1 Å². The summed E-state index contributed by atoms with van der Waals surface area (Å²) in [5.41, 5.74) is 30.6. The van der Waals surface area contributed by atoms with Crippen molar-refractivity contribution in [2.75, 3.05) is 14.7 Å². The first kappa shape index (κ1) is 60.0. The Balaban J connectivity index is 1.17. The van der Waals surface area contributed by atoms with Crippen LogP contribution in [0.4, 0.5) is 51.2 Å². The molecule has 0 amide bonds. The summed E-state index contributed by atoms with van der Waals surface area (Å²) in [4.78, 5) is 7.71. The number of rotatable bonds is 13. The zero-order valence-electron chi connectivity index (χ0n) is 55.2. The number of benzene rings is 10. The lowest BCUT2D eigenvalue weighted by molar-refractivity contribution is 0.590. The van der Waals surface area contributed by atoms with E-state index in [0.29, 0.717) is 0 Å². The summed E-state index contributed by atoms with van der Waals surface area (Å²) >= 11 is 0. The van der Waals surface area contributed by atoms with E-state index in [0.717, 1.165) is 40.4 Å². The quantitative estimate of drug-likeness (QED) is 0.0841. The molecule has 2 heterocycles. The first-order valence-electron chi connectivity index (χ1n) is 32.5. The summed E-state index contributed by atoms with van der Waals surface area (Å²) in [6, 6.07) is 82.8. The van der Waals surface area contributed by atoms with E-state index in [-0.39, 0.29) is 28.4 Å². The van der Waals surface area contributed by atoms with E-state index in [1.54, 1.807) is 0 Å². The second kappa shape index (κ2) is 23.3. The van der Waals surface area contributed by atoms with Gasteiger partial charge < -0.3 is 14.7 Å². The van der Waals surface area contributed by atoms with Crippen LogP contribution in [0.5, 0.6) is 0 Å². The van der Waals surface area contributed by atoms with Gasteiger partial charge in [0.05, 0.1) is 0 Å². The van der Waals surface area contributed by atoms with Crippen molar-refractivity contribution in [3.63, 3.8) is 0 Å². The monoisotopic (exact) mass is 1150 g/mol. The minimum Gasteiger partial charge on any atom is -0.311 e. The summed E-state index contributed by atoms with van der Waals surface area (Å²) < 4.78 is 0. The molecule has 444 valence electrons. The van der Waals surface area contributed by atoms with E-state index >= 15 is 0 Å². The Morgan fingerprint density at radius 1 is 0.330 bits per heavy atom. The fraction of sp³-hybridized carbons (Fsp3) is 0.286. The molecule has 10 aromatic carbocycles. The molecular formula is C84H90BN3. The third-order valence-electron chi connectivity index (χ3n) is 18.7. The molecule has 4 heteroatoms. The first-order valence-corrected chi connectivity index (χ1v) is 32.5. The number of unbranched alkanes of at least 4 members (excludes halogenated alkanes) is 3. The highest BCUT2D eigenvalue weighted by molar-refractivity contribution is 7.00. The molecule has 0 aromatic heterocycles. The van der Waals surface area contributed by atoms with Crippen LogP contribution in [0.3, 0.4) is 0 Å². The van der Waals surface area contributed by atoms with Crippen molar-refractivity contribution >= 4 is 74.3 Å². The summed E-state index contributed by atoms with van der Waals surface area (Å²) in [5.74, 6) is 0. The van der Waals surface area contributed by atoms with Gasteiger partial charge in [-0.1, -0.05) is 236 Å². The van der Waals surface area contributed by atoms with Gasteiger partial charge in [0.1, 0.15) is 0 Å². The Morgan fingerprint density at radius 2 is 0.739 bits per heavy atom. The first-order chi connectivity index (χ1) is 41.9. The second-order valence-corrected chi connectivity index (χ2v) is 29.5. The number of aryl methyl sites for hydroxylation is 3. The van der Waals surface area contributed by atoms with E-state index in [4.69, 9.17) is 0 Å². The molecule has 0 fully saturated rings. The molecule has 0 N–H and O–H groups in total. The second-order valence-electron chi connectivity index (χ2n) is 29.5. The van der Waals surface area contributed by atoms with Gasteiger partial charge in [0.2, 0.25) is 0 Å². The molecule has 10 aromatic rings. The number of anilines is 9. The van der Waals surface area contributed by atoms with Crippen molar-refractivity contribution in [2.24, 2.45) is 0 Å². The van der Waals surface area contributed by atoms with Crippen LogP contribution in [0.25, 0.3) is 33.4 Å². The SMILES string of the molecule is CCCCCCc1ccc(N2c3cc(N(c4ccc(C(C)(C)C)cc4)c4ccc(C(C)(C)C)cc4)ccc3B3c4cc(C(C)(C)C)ccc4N(c4ccc(C(C)(C)C)cc4)c4cc(-c5cc(-c6ccc(C)cc6)cc(-c6ccc(C)cc6)c5)cc2c43)cc1. The van der Waals surface area contributed by atoms with Crippen LogP contribution >= 0.6 is 0 Å². The molecule has 0 spiro atoms. The van der Waals surface area contributed by atoms with E-state index in [2.05, 4.69) is 331 Å². The molecule has 0 saturated heterocycles. The lowest BCUT2D eigenvalue weighted by Gasteiger charge is -2.45. The van der Waals surface area contributed by atoms with Crippen LogP contribution in [0.15, 0.2) is 212 Å². The molecule has 0 aliphatic carbocycles. The molecule has 2 aliphatic rings. The number of nitrogens with zero attached hydrogens (tertiary/aromatic N) is 3. The average Bonchev–Trinajstić information content (AvgIpc) is 0.698. The maximum atomic E-state index is 2.63. The normalized spacial score (nSPS) is 13.1. The van der Waals surface area contributed by atoms with Gasteiger partial charge in [0, 0.05) is 51.2 Å². The molecule has 0 radical (unpaired) electrons. The van der Waals surface area contributed by atoms with E-state index in [9.17, 15) is 0 Å². The number of hydrogen-bond acceptors (Lipinski definition) is 3. The van der Waals surface area contributed by atoms with Gasteiger partial charge in [0.25, 0.3) is 6.71 Å². The third kappa shape index (κ3) is 11.9. The van der Waals surface area contributed by atoms with Crippen molar-refractivity contribution in [3.05, 3.63) is 251 Å². The van der Waals surface area contributed by atoms with Crippen molar-refractivity contribution in [1.29, 1.82) is 0 Å². The van der Waals surface area contributed by atoms with Crippen molar-refractivity contribution in [3.8, 4) is 33.4 Å². The van der Waals surface area contributed by atoms with Gasteiger partial charge in [-0.15, -0.1) is 0 Å². The Morgan fingerprint density at radius 3 is 1.20 bits per heavy atom. The Hall–Kier alpha value is -8.34. The largest absolute Gasteiger partial charge is 0.311 e. The minimum absolute atomic E-state index is 0.00278. The van der Waals surface area contributed by atoms with Crippen LogP contribution in [0.1, 0.15) is 155 Å². The van der Waals surface area contributed by atoms with Gasteiger partial charge in [0.15, 0.2) is 0 Å². The molecular weight excluding hydrogens is 1060 g/mol. The highest BCUT2D eigenvalue weighted by atomic mass is 15.2. The van der Waals surface area contributed by atoms with Gasteiger partial charge in [-0.3, -0.25) is 0 Å². The van der Waals surface area contributed by atoms with E-state index < -0.39 is 0 Å². The van der Waals surface area contributed by atoms with Gasteiger partial charge in [-0.05, 0) is 223 Å². The predicted molar refractivity (Wildman–Crippen MR) is 384 cm³/mol. The highest BCUT2D eigenvalue weighted by Gasteiger charge is 2.45. The smallest absolute Gasteiger partial charge is 0.252 e. The molecule has 12 rings (SSSR count).